The molecule has 8 heteroatoms. The van der Waals surface area contributed by atoms with Crippen LogP contribution in [0.2, 0.25) is 0 Å². The highest BCUT2D eigenvalue weighted by molar-refractivity contribution is 7.98. The number of rotatable bonds is 7. The average Bonchev–Trinajstić information content (AvgIpc) is 3.55. The normalized spacial score (nSPS) is 19.5. The Balaban J connectivity index is 1.30. The van der Waals surface area contributed by atoms with Crippen LogP contribution < -0.4 is 4.90 Å². The molecule has 0 aliphatic carbocycles. The van der Waals surface area contributed by atoms with E-state index in [0.717, 1.165) is 78.9 Å². The summed E-state index contributed by atoms with van der Waals surface area (Å²) in [6, 6.07) is 10.8. The van der Waals surface area contributed by atoms with Crippen molar-refractivity contribution in [2.24, 2.45) is 5.92 Å². The lowest BCUT2D eigenvalue weighted by atomic mass is 10.00. The fourth-order valence-electron chi connectivity index (χ4n) is 4.75. The van der Waals surface area contributed by atoms with Crippen molar-refractivity contribution in [2.45, 2.75) is 70.0 Å². The van der Waals surface area contributed by atoms with E-state index < -0.39 is 0 Å². The van der Waals surface area contributed by atoms with Gasteiger partial charge < -0.3 is 9.64 Å². The van der Waals surface area contributed by atoms with Crippen LogP contribution in [0.15, 0.2) is 35.5 Å². The minimum absolute atomic E-state index is 0.267. The Kier molecular flexibility index (Phi) is 6.74. The number of hydrogen-bond donors (Lipinski definition) is 0. The predicted molar refractivity (Wildman–Crippen MR) is 132 cm³/mol. The molecule has 4 heterocycles. The maximum atomic E-state index is 5.96. The fourth-order valence-corrected chi connectivity index (χ4v) is 5.65. The van der Waals surface area contributed by atoms with Crippen LogP contribution in [0, 0.1) is 19.8 Å². The Labute approximate surface area is 200 Å². The number of anilines is 1. The van der Waals surface area contributed by atoms with Crippen molar-refractivity contribution in [2.75, 3.05) is 24.6 Å². The summed E-state index contributed by atoms with van der Waals surface area (Å²) in [5.41, 5.74) is 4.55. The van der Waals surface area contributed by atoms with Gasteiger partial charge in [0, 0.05) is 31.1 Å². The Bertz CT molecular complexity index is 1060. The molecule has 2 aliphatic heterocycles. The van der Waals surface area contributed by atoms with E-state index in [1.54, 1.807) is 11.8 Å². The zero-order valence-electron chi connectivity index (χ0n) is 19.9. The van der Waals surface area contributed by atoms with Gasteiger partial charge in [-0.15, -0.1) is 10.2 Å². The van der Waals surface area contributed by atoms with E-state index in [1.807, 2.05) is 11.6 Å². The summed E-state index contributed by atoms with van der Waals surface area (Å²) < 4.78 is 10.3. The van der Waals surface area contributed by atoms with E-state index in [-0.39, 0.29) is 6.10 Å². The molecule has 2 aromatic heterocycles. The molecule has 0 spiro atoms. The van der Waals surface area contributed by atoms with Gasteiger partial charge in [0.05, 0.1) is 24.0 Å². The summed E-state index contributed by atoms with van der Waals surface area (Å²) in [7, 11) is 0. The third-order valence-corrected chi connectivity index (χ3v) is 7.77. The van der Waals surface area contributed by atoms with Crippen LogP contribution in [0.25, 0.3) is 5.69 Å². The largest absolute Gasteiger partial charge is 0.376 e. The van der Waals surface area contributed by atoms with Gasteiger partial charge in [-0.2, -0.15) is 5.10 Å². The molecule has 3 aromatic rings. The van der Waals surface area contributed by atoms with Crippen LogP contribution in [-0.4, -0.2) is 50.3 Å². The first kappa shape index (κ1) is 22.5. The molecule has 0 radical (unpaired) electrons. The molecule has 5 rings (SSSR count). The van der Waals surface area contributed by atoms with Gasteiger partial charge >= 0.3 is 0 Å². The summed E-state index contributed by atoms with van der Waals surface area (Å²) in [5.74, 6) is 2.67. The van der Waals surface area contributed by atoms with E-state index in [1.165, 1.54) is 18.4 Å². The third kappa shape index (κ3) is 5.11. The van der Waals surface area contributed by atoms with Crippen molar-refractivity contribution < 1.29 is 4.74 Å². The third-order valence-electron chi connectivity index (χ3n) is 6.73. The van der Waals surface area contributed by atoms with Crippen molar-refractivity contribution in [3.05, 3.63) is 47.3 Å². The fraction of sp³-hybridized carbons (Fsp3) is 0.560. The molecule has 1 atom stereocenters. The number of piperidine rings is 1. The number of ether oxygens (including phenoxy) is 1. The van der Waals surface area contributed by atoms with E-state index >= 15 is 0 Å². The van der Waals surface area contributed by atoms with Crippen molar-refractivity contribution in [3.8, 4) is 5.69 Å². The Morgan fingerprint density at radius 3 is 2.52 bits per heavy atom. The molecule has 0 amide bonds. The highest BCUT2D eigenvalue weighted by atomic mass is 32.2. The smallest absolute Gasteiger partial charge is 0.228 e. The number of aromatic nitrogens is 5. The topological polar surface area (TPSA) is 61.0 Å². The molecule has 0 N–H and O–H groups in total. The molecule has 2 saturated heterocycles. The lowest BCUT2D eigenvalue weighted by Gasteiger charge is -2.31. The molecular weight excluding hydrogens is 432 g/mol. The van der Waals surface area contributed by atoms with Gasteiger partial charge in [-0.25, -0.2) is 4.68 Å². The molecule has 176 valence electrons. The first-order valence-electron chi connectivity index (χ1n) is 12.1. The summed E-state index contributed by atoms with van der Waals surface area (Å²) in [6.07, 6.45) is 4.97. The minimum atomic E-state index is 0.267. The summed E-state index contributed by atoms with van der Waals surface area (Å²) >= 11 is 1.76. The molecule has 1 aromatic carbocycles. The van der Waals surface area contributed by atoms with Gasteiger partial charge in [-0.1, -0.05) is 30.8 Å². The number of hydrogen-bond acceptors (Lipinski definition) is 6. The van der Waals surface area contributed by atoms with E-state index in [2.05, 4.69) is 68.9 Å². The highest BCUT2D eigenvalue weighted by Gasteiger charge is 2.26. The van der Waals surface area contributed by atoms with Gasteiger partial charge in [0.15, 0.2) is 5.16 Å². The number of benzene rings is 1. The van der Waals surface area contributed by atoms with Crippen LogP contribution >= 0.6 is 11.8 Å². The van der Waals surface area contributed by atoms with Gasteiger partial charge in [0.25, 0.3) is 0 Å². The zero-order chi connectivity index (χ0) is 22.8. The van der Waals surface area contributed by atoms with Gasteiger partial charge in [-0.05, 0) is 69.2 Å². The first-order chi connectivity index (χ1) is 16.1. The van der Waals surface area contributed by atoms with E-state index in [0.29, 0.717) is 0 Å². The zero-order valence-corrected chi connectivity index (χ0v) is 20.7. The van der Waals surface area contributed by atoms with Crippen LogP contribution in [0.4, 0.5) is 5.95 Å². The molecule has 2 aliphatic rings. The van der Waals surface area contributed by atoms with Gasteiger partial charge in [0.1, 0.15) is 0 Å². The summed E-state index contributed by atoms with van der Waals surface area (Å²) in [6.45, 7) is 10.3. The summed E-state index contributed by atoms with van der Waals surface area (Å²) in [4.78, 5) is 2.41. The minimum Gasteiger partial charge on any atom is -0.376 e. The van der Waals surface area contributed by atoms with Crippen molar-refractivity contribution in [1.29, 1.82) is 0 Å². The van der Waals surface area contributed by atoms with Crippen LogP contribution in [0.1, 0.15) is 49.6 Å². The van der Waals surface area contributed by atoms with Crippen molar-refractivity contribution in [1.82, 2.24) is 24.5 Å². The Morgan fingerprint density at radius 1 is 1.06 bits per heavy atom. The Hall–Kier alpha value is -2.32. The molecule has 2 fully saturated rings. The second-order valence-corrected chi connectivity index (χ2v) is 10.4. The van der Waals surface area contributed by atoms with E-state index in [4.69, 9.17) is 4.74 Å². The second kappa shape index (κ2) is 9.89. The maximum Gasteiger partial charge on any atom is 0.228 e. The SMILES string of the molecule is Cc1cc(C)n(-c2ccc(CSc3nnc(N4CCC(C)CC4)n3CC3CCCO3)cc2)n1. The monoisotopic (exact) mass is 466 g/mol. The molecule has 0 bridgehead atoms. The quantitative estimate of drug-likeness (QED) is 0.467. The molecule has 1 unspecified atom stereocenters. The number of thioether (sulfide) groups is 1. The molecule has 7 nitrogen and oxygen atoms in total. The Morgan fingerprint density at radius 2 is 1.85 bits per heavy atom. The van der Waals surface area contributed by atoms with Crippen molar-refractivity contribution >= 4 is 17.7 Å². The lowest BCUT2D eigenvalue weighted by Crippen LogP contribution is -2.35. The molecule has 33 heavy (non-hydrogen) atoms. The van der Waals surface area contributed by atoms with Gasteiger partial charge in [-0.3, -0.25) is 4.57 Å². The van der Waals surface area contributed by atoms with Crippen LogP contribution in [0.5, 0.6) is 0 Å². The highest BCUT2D eigenvalue weighted by Crippen LogP contribution is 2.29. The first-order valence-corrected chi connectivity index (χ1v) is 13.1. The molecule has 0 saturated carbocycles. The van der Waals surface area contributed by atoms with Gasteiger partial charge in [0.2, 0.25) is 5.95 Å². The predicted octanol–water partition coefficient (Wildman–Crippen LogP) is 4.79. The van der Waals surface area contributed by atoms with Crippen LogP contribution in [0.3, 0.4) is 0 Å². The van der Waals surface area contributed by atoms with Crippen LogP contribution in [-0.2, 0) is 17.0 Å². The lowest BCUT2D eigenvalue weighted by molar-refractivity contribution is 0.0951. The number of aryl methyl sites for hydroxylation is 2. The second-order valence-electron chi connectivity index (χ2n) is 9.49. The van der Waals surface area contributed by atoms with E-state index in [9.17, 15) is 0 Å². The standard InChI is InChI=1S/C25H34N6OS/c1-18-10-12-29(13-11-18)24-26-27-25(30(24)16-23-5-4-14-32-23)33-17-21-6-8-22(9-7-21)31-20(3)15-19(2)28-31/h6-9,15,18,23H,4-5,10-14,16-17H2,1-3H3. The van der Waals surface area contributed by atoms with Crippen molar-refractivity contribution in [3.63, 3.8) is 0 Å². The average molecular weight is 467 g/mol. The molecular formula is C25H34N6OS. The maximum absolute atomic E-state index is 5.96. The number of nitrogens with zero attached hydrogens (tertiary/aromatic N) is 6. The summed E-state index contributed by atoms with van der Waals surface area (Å²) in [5, 5.41) is 14.8.